The van der Waals surface area contributed by atoms with Gasteiger partial charge in [0.05, 0.1) is 10.2 Å². The number of fused-ring (bicyclic) bond motifs is 1. The molecule has 4 heteroatoms. The zero-order chi connectivity index (χ0) is 14.9. The number of nitrogens with two attached hydrogens (primary N) is 1. The van der Waals surface area contributed by atoms with Crippen molar-refractivity contribution in [1.82, 2.24) is 4.98 Å². The number of aromatic nitrogens is 1. The number of hydrogen-bond acceptors (Lipinski definition) is 4. The molecule has 112 valence electrons. The third-order valence-electron chi connectivity index (χ3n) is 3.28. The van der Waals surface area contributed by atoms with Gasteiger partial charge >= 0.3 is 0 Å². The second kappa shape index (κ2) is 8.66. The molecule has 1 aromatic carbocycles. The van der Waals surface area contributed by atoms with E-state index in [0.717, 1.165) is 36.5 Å². The zero-order valence-electron chi connectivity index (χ0n) is 12.6. The van der Waals surface area contributed by atoms with Gasteiger partial charge in [-0.05, 0) is 25.0 Å². The normalized spacial score (nSPS) is 10.4. The predicted molar refractivity (Wildman–Crippen MR) is 92.3 cm³/mol. The Labute approximate surface area is 131 Å². The van der Waals surface area contributed by atoms with Gasteiger partial charge in [-0.2, -0.15) is 0 Å². The first-order chi connectivity index (χ1) is 10.3. The van der Waals surface area contributed by atoms with Gasteiger partial charge in [-0.3, -0.25) is 5.01 Å². The summed E-state index contributed by atoms with van der Waals surface area (Å²) in [5.74, 6) is 12.4. The van der Waals surface area contributed by atoms with Gasteiger partial charge in [0.25, 0.3) is 0 Å². The van der Waals surface area contributed by atoms with Crippen LogP contribution in [0.25, 0.3) is 10.2 Å². The number of hydrazine groups is 1. The smallest absolute Gasteiger partial charge is 0.200 e. The molecule has 2 N–H and O–H groups in total. The van der Waals surface area contributed by atoms with Gasteiger partial charge < -0.3 is 0 Å². The van der Waals surface area contributed by atoms with Crippen LogP contribution in [0.1, 0.15) is 45.4 Å². The molecule has 21 heavy (non-hydrogen) atoms. The molecule has 0 bridgehead atoms. The van der Waals surface area contributed by atoms with Crippen LogP contribution >= 0.6 is 11.3 Å². The summed E-state index contributed by atoms with van der Waals surface area (Å²) >= 11 is 1.65. The van der Waals surface area contributed by atoms with Crippen molar-refractivity contribution in [2.75, 3.05) is 11.6 Å². The van der Waals surface area contributed by atoms with Crippen LogP contribution in [-0.4, -0.2) is 11.5 Å². The van der Waals surface area contributed by atoms with Crippen LogP contribution in [-0.2, 0) is 0 Å². The molecule has 1 aromatic heterocycles. The molecule has 2 aromatic rings. The van der Waals surface area contributed by atoms with E-state index in [1.807, 2.05) is 18.2 Å². The van der Waals surface area contributed by atoms with Crippen molar-refractivity contribution < 1.29 is 0 Å². The van der Waals surface area contributed by atoms with Gasteiger partial charge in [0.2, 0.25) is 5.13 Å². The first kappa shape index (κ1) is 15.8. The molecule has 0 aliphatic heterocycles. The van der Waals surface area contributed by atoms with Crippen molar-refractivity contribution in [3.63, 3.8) is 0 Å². The van der Waals surface area contributed by atoms with Crippen LogP contribution in [0.5, 0.6) is 0 Å². The molecular weight excluding hydrogens is 278 g/mol. The standard InChI is InChI=1S/C17H23N3S/c1-2-3-4-5-6-7-8-11-14-20(18)17-19-15-12-9-10-13-16(15)21-17/h9-10,12-13H,2,5-8,11,14,18H2,1H3. The van der Waals surface area contributed by atoms with E-state index in [0.29, 0.717) is 0 Å². The minimum Gasteiger partial charge on any atom is -0.286 e. The lowest BCUT2D eigenvalue weighted by molar-refractivity contribution is 0.637. The Morgan fingerprint density at radius 1 is 1.14 bits per heavy atom. The summed E-state index contributed by atoms with van der Waals surface area (Å²) in [5.41, 5.74) is 1.03. The third kappa shape index (κ3) is 5.04. The lowest BCUT2D eigenvalue weighted by Gasteiger charge is -2.14. The molecule has 0 radical (unpaired) electrons. The monoisotopic (exact) mass is 301 g/mol. The summed E-state index contributed by atoms with van der Waals surface area (Å²) in [6.07, 6.45) is 6.72. The quantitative estimate of drug-likeness (QED) is 0.358. The minimum atomic E-state index is 0.862. The van der Waals surface area contributed by atoms with Crippen LogP contribution in [0.4, 0.5) is 5.13 Å². The maximum atomic E-state index is 6.10. The van der Waals surface area contributed by atoms with Crippen molar-refractivity contribution in [3.8, 4) is 11.8 Å². The molecule has 0 spiro atoms. The Morgan fingerprint density at radius 2 is 1.95 bits per heavy atom. The lowest BCUT2D eigenvalue weighted by atomic mass is 10.1. The highest BCUT2D eigenvalue weighted by atomic mass is 32.1. The van der Waals surface area contributed by atoms with Gasteiger partial charge in [0.15, 0.2) is 0 Å². The van der Waals surface area contributed by atoms with Crippen LogP contribution in [0.3, 0.4) is 0 Å². The number of hydrogen-bond donors (Lipinski definition) is 1. The van der Waals surface area contributed by atoms with Crippen molar-refractivity contribution in [1.29, 1.82) is 0 Å². The van der Waals surface area contributed by atoms with E-state index < -0.39 is 0 Å². The molecule has 3 nitrogen and oxygen atoms in total. The highest BCUT2D eigenvalue weighted by Crippen LogP contribution is 2.27. The molecule has 0 fully saturated rings. The number of anilines is 1. The summed E-state index contributed by atoms with van der Waals surface area (Å²) in [7, 11) is 0. The van der Waals surface area contributed by atoms with E-state index in [2.05, 4.69) is 29.8 Å². The molecule has 0 amide bonds. The van der Waals surface area contributed by atoms with Crippen molar-refractivity contribution in [2.45, 2.75) is 45.4 Å². The molecule has 0 aliphatic carbocycles. The summed E-state index contributed by atoms with van der Waals surface area (Å²) in [6.45, 7) is 2.95. The van der Waals surface area contributed by atoms with Gasteiger partial charge in [0, 0.05) is 19.4 Å². The Bertz CT molecular complexity index is 576. The van der Waals surface area contributed by atoms with E-state index in [1.165, 1.54) is 24.0 Å². The molecule has 2 rings (SSSR count). The number of unbranched alkanes of at least 4 members (excludes halogenated alkanes) is 4. The first-order valence-electron chi connectivity index (χ1n) is 7.65. The Hall–Kier alpha value is -1.57. The Balaban J connectivity index is 1.68. The van der Waals surface area contributed by atoms with Crippen molar-refractivity contribution in [3.05, 3.63) is 24.3 Å². The molecule has 0 unspecified atom stereocenters. The summed E-state index contributed by atoms with van der Waals surface area (Å²) in [5, 5.41) is 2.69. The van der Waals surface area contributed by atoms with Crippen LogP contribution in [0.2, 0.25) is 0 Å². The molecule has 0 atom stereocenters. The number of benzene rings is 1. The van der Waals surface area contributed by atoms with Crippen LogP contribution in [0, 0.1) is 11.8 Å². The summed E-state index contributed by atoms with van der Waals surface area (Å²) in [4.78, 5) is 4.56. The largest absolute Gasteiger partial charge is 0.286 e. The maximum absolute atomic E-state index is 6.10. The first-order valence-corrected chi connectivity index (χ1v) is 8.46. The van der Waals surface area contributed by atoms with Gasteiger partial charge in [-0.15, -0.1) is 11.8 Å². The lowest BCUT2D eigenvalue weighted by Crippen LogP contribution is -2.31. The number of thiazole rings is 1. The summed E-state index contributed by atoms with van der Waals surface area (Å²) in [6, 6.07) is 8.16. The third-order valence-corrected chi connectivity index (χ3v) is 4.35. The maximum Gasteiger partial charge on any atom is 0.200 e. The Kier molecular flexibility index (Phi) is 6.52. The van der Waals surface area contributed by atoms with Crippen LogP contribution in [0.15, 0.2) is 24.3 Å². The Morgan fingerprint density at radius 3 is 2.76 bits per heavy atom. The van der Waals surface area contributed by atoms with E-state index >= 15 is 0 Å². The fourth-order valence-electron chi connectivity index (χ4n) is 2.14. The van der Waals surface area contributed by atoms with E-state index in [9.17, 15) is 0 Å². The van der Waals surface area contributed by atoms with Gasteiger partial charge in [0.1, 0.15) is 0 Å². The molecule has 0 aliphatic rings. The molecular formula is C17H23N3S. The minimum absolute atomic E-state index is 0.862. The topological polar surface area (TPSA) is 42.1 Å². The average molecular weight is 301 g/mol. The molecule has 0 saturated heterocycles. The van der Waals surface area contributed by atoms with Crippen LogP contribution < -0.4 is 10.9 Å². The highest BCUT2D eigenvalue weighted by molar-refractivity contribution is 7.22. The predicted octanol–water partition coefficient (Wildman–Crippen LogP) is 4.34. The second-order valence-corrected chi connectivity index (χ2v) is 6.04. The van der Waals surface area contributed by atoms with Gasteiger partial charge in [-0.25, -0.2) is 10.8 Å². The fourth-order valence-corrected chi connectivity index (χ4v) is 3.06. The van der Waals surface area contributed by atoms with E-state index in [4.69, 9.17) is 5.84 Å². The molecule has 1 heterocycles. The van der Waals surface area contributed by atoms with Gasteiger partial charge in [-0.1, -0.05) is 43.2 Å². The number of nitrogens with zero attached hydrogens (tertiary/aromatic N) is 2. The average Bonchev–Trinajstić information content (AvgIpc) is 2.94. The second-order valence-electron chi connectivity index (χ2n) is 5.03. The number of para-hydroxylation sites is 1. The van der Waals surface area contributed by atoms with Crippen molar-refractivity contribution >= 4 is 26.7 Å². The number of rotatable bonds is 7. The molecule has 0 saturated carbocycles. The summed E-state index contributed by atoms with van der Waals surface area (Å²) < 4.78 is 1.19. The van der Waals surface area contributed by atoms with Crippen molar-refractivity contribution in [2.24, 2.45) is 5.84 Å². The zero-order valence-corrected chi connectivity index (χ0v) is 13.5. The van der Waals surface area contributed by atoms with E-state index in [1.54, 1.807) is 16.3 Å². The SMILES string of the molecule is CCC#CCCCCCCN(N)c1nc2ccccc2s1. The highest BCUT2D eigenvalue weighted by Gasteiger charge is 2.07. The van der Waals surface area contributed by atoms with E-state index in [-0.39, 0.29) is 0 Å². The fraction of sp³-hybridized carbons (Fsp3) is 0.471.